The van der Waals surface area contributed by atoms with Crippen LogP contribution in [0.4, 0.5) is 0 Å². The van der Waals surface area contributed by atoms with E-state index < -0.39 is 0 Å². The van der Waals surface area contributed by atoms with Gasteiger partial charge in [0.05, 0.1) is 11.6 Å². The lowest BCUT2D eigenvalue weighted by atomic mass is 10.0. The van der Waals surface area contributed by atoms with E-state index in [-0.39, 0.29) is 30.6 Å². The SMILES string of the molecule is CC[C@H](c1cc(Br)c(O)c(OC)c1)N1CCNCC1.Cl.Cl. The number of nitrogens with zero attached hydrogens (tertiary/aromatic N) is 1. The number of ether oxygens (including phenoxy) is 1. The first-order valence-electron chi connectivity index (χ1n) is 6.68. The van der Waals surface area contributed by atoms with E-state index in [9.17, 15) is 5.11 Å². The molecule has 122 valence electrons. The minimum absolute atomic E-state index is 0. The molecule has 1 aromatic carbocycles. The van der Waals surface area contributed by atoms with Crippen LogP contribution < -0.4 is 10.1 Å². The zero-order valence-corrected chi connectivity index (χ0v) is 15.5. The fourth-order valence-corrected chi connectivity index (χ4v) is 3.10. The molecule has 0 spiro atoms. The van der Waals surface area contributed by atoms with E-state index in [0.29, 0.717) is 16.3 Å². The number of benzene rings is 1. The Kier molecular flexibility index (Phi) is 9.65. The maximum Gasteiger partial charge on any atom is 0.172 e. The van der Waals surface area contributed by atoms with Gasteiger partial charge in [0.15, 0.2) is 11.5 Å². The third-order valence-corrected chi connectivity index (χ3v) is 4.24. The molecule has 2 rings (SSSR count). The Morgan fingerprint density at radius 3 is 2.48 bits per heavy atom. The molecular weight excluding hydrogens is 379 g/mol. The Balaban J connectivity index is 0.00000200. The quantitative estimate of drug-likeness (QED) is 0.811. The Labute approximate surface area is 147 Å². The number of piperazine rings is 1. The van der Waals surface area contributed by atoms with Gasteiger partial charge in [-0.3, -0.25) is 4.90 Å². The van der Waals surface area contributed by atoms with Crippen LogP contribution >= 0.6 is 40.7 Å². The summed E-state index contributed by atoms with van der Waals surface area (Å²) in [5.41, 5.74) is 1.19. The van der Waals surface area contributed by atoms with Crippen LogP contribution in [0.25, 0.3) is 0 Å². The number of halogens is 3. The van der Waals surface area contributed by atoms with Gasteiger partial charge in [0.25, 0.3) is 0 Å². The fourth-order valence-electron chi connectivity index (χ4n) is 2.64. The third kappa shape index (κ3) is 4.89. The van der Waals surface area contributed by atoms with Crippen molar-refractivity contribution in [2.24, 2.45) is 0 Å². The van der Waals surface area contributed by atoms with Crippen molar-refractivity contribution in [3.8, 4) is 11.5 Å². The number of phenols is 1. The lowest BCUT2D eigenvalue weighted by molar-refractivity contribution is 0.169. The average molecular weight is 402 g/mol. The van der Waals surface area contributed by atoms with Gasteiger partial charge < -0.3 is 15.2 Å². The normalized spacial score (nSPS) is 16.5. The number of methoxy groups -OCH3 is 1. The van der Waals surface area contributed by atoms with Crippen LogP contribution in [-0.2, 0) is 0 Å². The van der Waals surface area contributed by atoms with E-state index in [1.54, 1.807) is 7.11 Å². The first kappa shape index (κ1) is 20.8. The maximum atomic E-state index is 9.89. The monoisotopic (exact) mass is 400 g/mol. The van der Waals surface area contributed by atoms with Gasteiger partial charge in [-0.2, -0.15) is 0 Å². The van der Waals surface area contributed by atoms with Gasteiger partial charge in [0, 0.05) is 32.2 Å². The van der Waals surface area contributed by atoms with Crippen molar-refractivity contribution in [2.45, 2.75) is 19.4 Å². The van der Waals surface area contributed by atoms with E-state index in [2.05, 4.69) is 33.1 Å². The second-order valence-electron chi connectivity index (χ2n) is 4.76. The molecule has 0 aromatic heterocycles. The van der Waals surface area contributed by atoms with Gasteiger partial charge in [-0.25, -0.2) is 0 Å². The highest BCUT2D eigenvalue weighted by molar-refractivity contribution is 9.10. The van der Waals surface area contributed by atoms with Gasteiger partial charge in [-0.15, -0.1) is 24.8 Å². The molecule has 1 heterocycles. The summed E-state index contributed by atoms with van der Waals surface area (Å²) in [6.07, 6.45) is 1.04. The summed E-state index contributed by atoms with van der Waals surface area (Å²) in [4.78, 5) is 2.48. The molecule has 2 N–H and O–H groups in total. The Morgan fingerprint density at radius 2 is 1.95 bits per heavy atom. The zero-order valence-electron chi connectivity index (χ0n) is 12.3. The maximum absolute atomic E-state index is 9.89. The predicted molar refractivity (Wildman–Crippen MR) is 94.3 cm³/mol. The van der Waals surface area contributed by atoms with Crippen LogP contribution in [0.5, 0.6) is 11.5 Å². The van der Waals surface area contributed by atoms with Crippen molar-refractivity contribution < 1.29 is 9.84 Å². The summed E-state index contributed by atoms with van der Waals surface area (Å²) in [5.74, 6) is 0.694. The number of aromatic hydroxyl groups is 1. The number of nitrogens with one attached hydrogen (secondary N) is 1. The van der Waals surface area contributed by atoms with E-state index in [1.165, 1.54) is 5.56 Å². The molecule has 1 fully saturated rings. The smallest absolute Gasteiger partial charge is 0.172 e. The number of phenolic OH excluding ortho intramolecular Hbond substituents is 1. The lowest BCUT2D eigenvalue weighted by Gasteiger charge is -2.35. The van der Waals surface area contributed by atoms with Crippen LogP contribution in [0.15, 0.2) is 16.6 Å². The fraction of sp³-hybridized carbons (Fsp3) is 0.571. The molecule has 1 saturated heterocycles. The van der Waals surface area contributed by atoms with E-state index in [4.69, 9.17) is 4.74 Å². The molecule has 0 amide bonds. The van der Waals surface area contributed by atoms with Gasteiger partial charge in [-0.05, 0) is 40.0 Å². The zero-order chi connectivity index (χ0) is 13.8. The molecule has 1 aromatic rings. The van der Waals surface area contributed by atoms with E-state index >= 15 is 0 Å². The summed E-state index contributed by atoms with van der Waals surface area (Å²) in [6, 6.07) is 4.30. The van der Waals surface area contributed by atoms with E-state index in [0.717, 1.165) is 32.6 Å². The molecule has 0 unspecified atom stereocenters. The molecule has 21 heavy (non-hydrogen) atoms. The van der Waals surface area contributed by atoms with Crippen molar-refractivity contribution in [3.63, 3.8) is 0 Å². The lowest BCUT2D eigenvalue weighted by Crippen LogP contribution is -2.45. The summed E-state index contributed by atoms with van der Waals surface area (Å²) in [6.45, 7) is 6.37. The molecule has 0 aliphatic carbocycles. The molecule has 0 bridgehead atoms. The molecule has 7 heteroatoms. The Morgan fingerprint density at radius 1 is 1.33 bits per heavy atom. The van der Waals surface area contributed by atoms with Crippen LogP contribution in [0.3, 0.4) is 0 Å². The number of hydrogen-bond acceptors (Lipinski definition) is 4. The standard InChI is InChI=1S/C14H21BrN2O2.2ClH/c1-3-12(17-6-4-16-5-7-17)10-8-11(15)14(18)13(9-10)19-2;;/h8-9,12,16,18H,3-7H2,1-2H3;2*1H/t12-;;/m1../s1. The van der Waals surface area contributed by atoms with Gasteiger partial charge >= 0.3 is 0 Å². The van der Waals surface area contributed by atoms with Crippen LogP contribution in [0.2, 0.25) is 0 Å². The molecule has 4 nitrogen and oxygen atoms in total. The molecule has 1 aliphatic rings. The number of rotatable bonds is 4. The second kappa shape index (κ2) is 9.74. The second-order valence-corrected chi connectivity index (χ2v) is 5.62. The highest BCUT2D eigenvalue weighted by Crippen LogP contribution is 2.38. The van der Waals surface area contributed by atoms with Crippen molar-refractivity contribution in [1.29, 1.82) is 0 Å². The van der Waals surface area contributed by atoms with Crippen molar-refractivity contribution in [3.05, 3.63) is 22.2 Å². The summed E-state index contributed by atoms with van der Waals surface area (Å²) in [5, 5.41) is 13.3. The number of hydrogen-bond donors (Lipinski definition) is 2. The highest BCUT2D eigenvalue weighted by Gasteiger charge is 2.22. The van der Waals surface area contributed by atoms with Gasteiger partial charge in [0.2, 0.25) is 0 Å². The van der Waals surface area contributed by atoms with Crippen molar-refractivity contribution >= 4 is 40.7 Å². The first-order chi connectivity index (χ1) is 9.17. The summed E-state index contributed by atoms with van der Waals surface area (Å²) in [7, 11) is 1.58. The minimum Gasteiger partial charge on any atom is -0.503 e. The molecular formula is C14H23BrCl2N2O2. The van der Waals surface area contributed by atoms with Gasteiger partial charge in [0.1, 0.15) is 0 Å². The van der Waals surface area contributed by atoms with Crippen LogP contribution in [0, 0.1) is 0 Å². The summed E-state index contributed by atoms with van der Waals surface area (Å²) < 4.78 is 5.93. The van der Waals surface area contributed by atoms with Crippen LogP contribution in [0.1, 0.15) is 24.9 Å². The summed E-state index contributed by atoms with van der Waals surface area (Å²) >= 11 is 3.40. The topological polar surface area (TPSA) is 44.7 Å². The minimum atomic E-state index is 0. The average Bonchev–Trinajstić information content (AvgIpc) is 2.44. The largest absolute Gasteiger partial charge is 0.503 e. The molecule has 1 aliphatic heterocycles. The molecule has 0 radical (unpaired) electrons. The molecule has 0 saturated carbocycles. The van der Waals surface area contributed by atoms with Crippen molar-refractivity contribution in [2.75, 3.05) is 33.3 Å². The Hall–Kier alpha value is -0.200. The van der Waals surface area contributed by atoms with E-state index in [1.807, 2.05) is 12.1 Å². The van der Waals surface area contributed by atoms with Crippen molar-refractivity contribution in [1.82, 2.24) is 10.2 Å². The molecule has 1 atom stereocenters. The third-order valence-electron chi connectivity index (χ3n) is 3.63. The van der Waals surface area contributed by atoms with Gasteiger partial charge in [-0.1, -0.05) is 6.92 Å². The first-order valence-corrected chi connectivity index (χ1v) is 7.47. The Bertz CT molecular complexity index is 443. The predicted octanol–water partition coefficient (Wildman–Crippen LogP) is 3.36. The highest BCUT2D eigenvalue weighted by atomic mass is 79.9. The van der Waals surface area contributed by atoms with Crippen LogP contribution in [-0.4, -0.2) is 43.3 Å².